The molecule has 8 heteroatoms. The van der Waals surface area contributed by atoms with Gasteiger partial charge < -0.3 is 28.6 Å². The monoisotopic (exact) mass is 498 g/mol. The third-order valence-corrected chi connectivity index (χ3v) is 6.39. The predicted molar refractivity (Wildman–Crippen MR) is 137 cm³/mol. The quantitative estimate of drug-likeness (QED) is 0.522. The number of carbonyl (C=O) groups excluding carboxylic acids is 1. The van der Waals surface area contributed by atoms with Crippen molar-refractivity contribution in [2.75, 3.05) is 53.7 Å². The number of carbonyl (C=O) groups is 1. The van der Waals surface area contributed by atoms with Crippen LogP contribution in [0, 0.1) is 5.92 Å². The molecule has 2 aliphatic heterocycles. The van der Waals surface area contributed by atoms with Crippen LogP contribution in [-0.4, -0.2) is 75.5 Å². The molecule has 1 fully saturated rings. The van der Waals surface area contributed by atoms with E-state index in [2.05, 4.69) is 18.7 Å². The van der Waals surface area contributed by atoms with E-state index in [-0.39, 0.29) is 5.91 Å². The highest BCUT2D eigenvalue weighted by Crippen LogP contribution is 2.33. The maximum absolute atomic E-state index is 13.7. The molecule has 0 unspecified atom stereocenters. The lowest BCUT2D eigenvalue weighted by Crippen LogP contribution is -2.51. The Hall–Kier alpha value is -2.97. The molecule has 2 aliphatic rings. The lowest BCUT2D eigenvalue weighted by molar-refractivity contribution is -0.151. The fourth-order valence-electron chi connectivity index (χ4n) is 4.72. The van der Waals surface area contributed by atoms with E-state index in [1.807, 2.05) is 41.3 Å². The summed E-state index contributed by atoms with van der Waals surface area (Å²) in [5.74, 6) is 3.28. The van der Waals surface area contributed by atoms with Crippen LogP contribution in [0.4, 0.5) is 0 Å². The van der Waals surface area contributed by atoms with Crippen LogP contribution in [0.3, 0.4) is 0 Å². The molecular weight excluding hydrogens is 460 g/mol. The molecule has 0 aliphatic carbocycles. The normalized spacial score (nSPS) is 18.0. The Morgan fingerprint density at radius 2 is 1.89 bits per heavy atom. The van der Waals surface area contributed by atoms with Gasteiger partial charge in [0.1, 0.15) is 6.10 Å². The highest BCUT2D eigenvalue weighted by atomic mass is 16.5. The van der Waals surface area contributed by atoms with Crippen molar-refractivity contribution in [1.82, 2.24) is 9.80 Å². The second-order valence-corrected chi connectivity index (χ2v) is 9.69. The Balaban J connectivity index is 1.46. The average molecular weight is 499 g/mol. The van der Waals surface area contributed by atoms with Crippen LogP contribution in [0.1, 0.15) is 31.4 Å². The first-order valence-corrected chi connectivity index (χ1v) is 12.7. The number of hydrogen-bond acceptors (Lipinski definition) is 7. The zero-order valence-corrected chi connectivity index (χ0v) is 21.8. The minimum absolute atomic E-state index is 0.0121. The molecule has 36 heavy (non-hydrogen) atoms. The number of benzene rings is 2. The SMILES string of the molecule is COc1cccc(CN2CCO[C@@H](C(=O)N(Cc3ccc4c(c3)OCCCO4)CC(C)C)C2)c1OC. The molecule has 1 amide bonds. The molecule has 0 bridgehead atoms. The van der Waals surface area contributed by atoms with Gasteiger partial charge in [-0.3, -0.25) is 9.69 Å². The average Bonchev–Trinajstić information content (AvgIpc) is 3.12. The molecule has 196 valence electrons. The molecule has 2 aromatic carbocycles. The molecule has 0 saturated carbocycles. The maximum atomic E-state index is 13.7. The summed E-state index contributed by atoms with van der Waals surface area (Å²) in [6, 6.07) is 11.8. The minimum atomic E-state index is -0.519. The molecule has 8 nitrogen and oxygen atoms in total. The molecule has 1 saturated heterocycles. The summed E-state index contributed by atoms with van der Waals surface area (Å²) in [4.78, 5) is 17.8. The molecule has 4 rings (SSSR count). The fraction of sp³-hybridized carbons (Fsp3) is 0.536. The van der Waals surface area contributed by atoms with Crippen molar-refractivity contribution in [2.45, 2.75) is 39.5 Å². The number of ether oxygens (including phenoxy) is 5. The molecule has 2 aromatic rings. The van der Waals surface area contributed by atoms with Gasteiger partial charge in [-0.15, -0.1) is 0 Å². The zero-order chi connectivity index (χ0) is 25.5. The zero-order valence-electron chi connectivity index (χ0n) is 21.8. The summed E-state index contributed by atoms with van der Waals surface area (Å²) in [6.45, 7) is 9.10. The van der Waals surface area contributed by atoms with Gasteiger partial charge in [0.15, 0.2) is 23.0 Å². The fourth-order valence-corrected chi connectivity index (χ4v) is 4.72. The van der Waals surface area contributed by atoms with Crippen molar-refractivity contribution in [1.29, 1.82) is 0 Å². The highest BCUT2D eigenvalue weighted by molar-refractivity contribution is 5.81. The van der Waals surface area contributed by atoms with Crippen LogP contribution < -0.4 is 18.9 Å². The molecule has 0 spiro atoms. The summed E-state index contributed by atoms with van der Waals surface area (Å²) in [5.41, 5.74) is 2.04. The molecule has 1 atom stereocenters. The number of nitrogens with zero attached hydrogens (tertiary/aromatic N) is 2. The first-order valence-electron chi connectivity index (χ1n) is 12.7. The molecule has 0 N–H and O–H groups in total. The number of morpholine rings is 1. The third-order valence-electron chi connectivity index (χ3n) is 6.39. The van der Waals surface area contributed by atoms with E-state index >= 15 is 0 Å². The topological polar surface area (TPSA) is 69.7 Å². The van der Waals surface area contributed by atoms with E-state index < -0.39 is 6.10 Å². The van der Waals surface area contributed by atoms with Gasteiger partial charge >= 0.3 is 0 Å². The number of rotatable bonds is 9. The first kappa shape index (κ1) is 26.1. The second-order valence-electron chi connectivity index (χ2n) is 9.69. The summed E-state index contributed by atoms with van der Waals surface area (Å²) in [5, 5.41) is 0. The predicted octanol–water partition coefficient (Wildman–Crippen LogP) is 3.75. The largest absolute Gasteiger partial charge is 0.493 e. The Labute approximate surface area is 214 Å². The standard InChI is InChI=1S/C28H38N2O6/c1-20(2)16-30(17-21-9-10-23-25(15-21)35-13-6-12-34-23)28(31)26-19-29(11-14-36-26)18-22-7-5-8-24(32-3)27(22)33-4/h5,7-10,15,20,26H,6,11-14,16-19H2,1-4H3/t26-/m1/s1. The Morgan fingerprint density at radius 1 is 1.08 bits per heavy atom. The van der Waals surface area contributed by atoms with Gasteiger partial charge in [0.25, 0.3) is 5.91 Å². The van der Waals surface area contributed by atoms with E-state index in [1.54, 1.807) is 14.2 Å². The molecule has 0 radical (unpaired) electrons. The van der Waals surface area contributed by atoms with Gasteiger partial charge in [-0.05, 0) is 29.7 Å². The van der Waals surface area contributed by atoms with Crippen LogP contribution in [0.15, 0.2) is 36.4 Å². The smallest absolute Gasteiger partial charge is 0.253 e. The van der Waals surface area contributed by atoms with E-state index in [4.69, 9.17) is 23.7 Å². The van der Waals surface area contributed by atoms with Gasteiger partial charge in [-0.1, -0.05) is 32.0 Å². The van der Waals surface area contributed by atoms with Crippen LogP contribution in [-0.2, 0) is 22.6 Å². The van der Waals surface area contributed by atoms with E-state index in [0.29, 0.717) is 57.7 Å². The number of fused-ring (bicyclic) bond motifs is 1. The summed E-state index contributed by atoms with van der Waals surface area (Å²) in [6.07, 6.45) is 0.341. The van der Waals surface area contributed by atoms with Crippen molar-refractivity contribution in [3.05, 3.63) is 47.5 Å². The van der Waals surface area contributed by atoms with E-state index in [0.717, 1.165) is 41.3 Å². The number of hydrogen-bond donors (Lipinski definition) is 0. The Kier molecular flexibility index (Phi) is 8.93. The van der Waals surface area contributed by atoms with Crippen LogP contribution in [0.2, 0.25) is 0 Å². The maximum Gasteiger partial charge on any atom is 0.253 e. The van der Waals surface area contributed by atoms with Crippen molar-refractivity contribution in [2.24, 2.45) is 5.92 Å². The van der Waals surface area contributed by atoms with Crippen molar-refractivity contribution in [3.63, 3.8) is 0 Å². The van der Waals surface area contributed by atoms with Crippen molar-refractivity contribution < 1.29 is 28.5 Å². The van der Waals surface area contributed by atoms with Crippen molar-refractivity contribution in [3.8, 4) is 23.0 Å². The van der Waals surface area contributed by atoms with Crippen molar-refractivity contribution >= 4 is 5.91 Å². The summed E-state index contributed by atoms with van der Waals surface area (Å²) in [7, 11) is 3.29. The molecule has 2 heterocycles. The van der Waals surface area contributed by atoms with Gasteiger partial charge in [-0.25, -0.2) is 0 Å². The Bertz CT molecular complexity index is 1030. The molecular formula is C28H38N2O6. The first-order chi connectivity index (χ1) is 17.5. The van der Waals surface area contributed by atoms with Crippen LogP contribution in [0.25, 0.3) is 0 Å². The summed E-state index contributed by atoms with van der Waals surface area (Å²) >= 11 is 0. The van der Waals surface area contributed by atoms with Crippen LogP contribution in [0.5, 0.6) is 23.0 Å². The third kappa shape index (κ3) is 6.42. The molecule has 0 aromatic heterocycles. The lowest BCUT2D eigenvalue weighted by Gasteiger charge is -2.36. The highest BCUT2D eigenvalue weighted by Gasteiger charge is 2.31. The van der Waals surface area contributed by atoms with E-state index in [1.165, 1.54) is 0 Å². The van der Waals surface area contributed by atoms with Gasteiger partial charge in [-0.2, -0.15) is 0 Å². The number of para-hydroxylation sites is 1. The van der Waals surface area contributed by atoms with Crippen LogP contribution >= 0.6 is 0 Å². The number of amides is 1. The lowest BCUT2D eigenvalue weighted by atomic mass is 10.1. The Morgan fingerprint density at radius 3 is 2.64 bits per heavy atom. The summed E-state index contributed by atoms with van der Waals surface area (Å²) < 4.78 is 28.6. The van der Waals surface area contributed by atoms with Gasteiger partial charge in [0, 0.05) is 44.7 Å². The second kappa shape index (κ2) is 12.3. The van der Waals surface area contributed by atoms with Gasteiger partial charge in [0.05, 0.1) is 34.0 Å². The van der Waals surface area contributed by atoms with Gasteiger partial charge in [0.2, 0.25) is 0 Å². The minimum Gasteiger partial charge on any atom is -0.493 e. The number of methoxy groups -OCH3 is 2. The van der Waals surface area contributed by atoms with E-state index in [9.17, 15) is 4.79 Å².